The normalized spacial score (nSPS) is 10.3. The van der Waals surface area contributed by atoms with Crippen molar-refractivity contribution in [2.24, 2.45) is 0 Å². The number of hydrogen-bond acceptors (Lipinski definition) is 4. The molecule has 0 aliphatic rings. The third-order valence-electron chi connectivity index (χ3n) is 2.32. The Bertz CT molecular complexity index is 603. The predicted octanol–water partition coefficient (Wildman–Crippen LogP) is 3.28. The Balaban J connectivity index is 2.13. The number of nitrogens with one attached hydrogen (secondary N) is 1. The Labute approximate surface area is 118 Å². The minimum atomic E-state index is -0.587. The highest BCUT2D eigenvalue weighted by atomic mass is 35.5. The van der Waals surface area contributed by atoms with E-state index >= 15 is 0 Å². The van der Waals surface area contributed by atoms with Crippen LogP contribution in [-0.2, 0) is 5.88 Å². The fourth-order valence-electron chi connectivity index (χ4n) is 1.40. The van der Waals surface area contributed by atoms with Crippen LogP contribution in [-0.4, -0.2) is 18.0 Å². The number of nitrogens with zero attached hydrogens (tertiary/aromatic N) is 1. The molecule has 1 aromatic carbocycles. The fraction of sp³-hybridized carbons (Fsp3) is 0.167. The van der Waals surface area contributed by atoms with Crippen LogP contribution in [0.3, 0.4) is 0 Å². The van der Waals surface area contributed by atoms with Gasteiger partial charge in [-0.1, -0.05) is 0 Å². The minimum Gasteiger partial charge on any atom is -0.494 e. The summed E-state index contributed by atoms with van der Waals surface area (Å²) in [5.74, 6) is -0.647. The number of benzene rings is 1. The van der Waals surface area contributed by atoms with Crippen molar-refractivity contribution in [1.82, 2.24) is 4.98 Å². The topological polar surface area (TPSA) is 51.2 Å². The lowest BCUT2D eigenvalue weighted by atomic mass is 10.2. The summed E-state index contributed by atoms with van der Waals surface area (Å²) < 4.78 is 18.3. The highest BCUT2D eigenvalue weighted by molar-refractivity contribution is 7.14. The Morgan fingerprint density at radius 3 is 2.95 bits per heavy atom. The maximum Gasteiger partial charge on any atom is 0.257 e. The van der Waals surface area contributed by atoms with E-state index in [0.29, 0.717) is 10.8 Å². The molecular formula is C12H10ClFN2O2S. The maximum atomic E-state index is 13.5. The van der Waals surface area contributed by atoms with E-state index in [0.717, 1.165) is 6.07 Å². The highest BCUT2D eigenvalue weighted by Crippen LogP contribution is 2.20. The van der Waals surface area contributed by atoms with Crippen molar-refractivity contribution in [1.29, 1.82) is 0 Å². The molecule has 1 heterocycles. The molecule has 1 amide bonds. The van der Waals surface area contributed by atoms with Gasteiger partial charge in [0.05, 0.1) is 18.7 Å². The van der Waals surface area contributed by atoms with Gasteiger partial charge in [-0.25, -0.2) is 9.37 Å². The van der Waals surface area contributed by atoms with Crippen molar-refractivity contribution in [3.05, 3.63) is 40.7 Å². The number of rotatable bonds is 4. The van der Waals surface area contributed by atoms with Crippen LogP contribution < -0.4 is 10.1 Å². The number of hydrogen-bond donors (Lipinski definition) is 1. The molecule has 0 saturated heterocycles. The van der Waals surface area contributed by atoms with Crippen molar-refractivity contribution < 1.29 is 13.9 Å². The summed E-state index contributed by atoms with van der Waals surface area (Å²) in [6.45, 7) is 0. The lowest BCUT2D eigenvalue weighted by Crippen LogP contribution is -2.12. The number of carbonyl (C=O) groups excluding carboxylic acids is 1. The number of anilines is 1. The molecule has 1 aromatic heterocycles. The zero-order valence-corrected chi connectivity index (χ0v) is 11.5. The van der Waals surface area contributed by atoms with Crippen LogP contribution in [0, 0.1) is 5.82 Å². The summed E-state index contributed by atoms with van der Waals surface area (Å²) in [5.41, 5.74) is 0.879. The molecule has 0 radical (unpaired) electrons. The van der Waals surface area contributed by atoms with Gasteiger partial charge in [-0.2, -0.15) is 0 Å². The first-order valence-corrected chi connectivity index (χ1v) is 6.70. The number of ether oxygens (including phenoxy) is 1. The second-order valence-electron chi connectivity index (χ2n) is 3.58. The molecule has 19 heavy (non-hydrogen) atoms. The van der Waals surface area contributed by atoms with Crippen molar-refractivity contribution in [2.45, 2.75) is 5.88 Å². The molecule has 0 unspecified atom stereocenters. The van der Waals surface area contributed by atoms with Crippen LogP contribution in [0.15, 0.2) is 23.6 Å². The summed E-state index contributed by atoms with van der Waals surface area (Å²) in [6.07, 6.45) is 0. The molecule has 0 aliphatic heterocycles. The molecule has 7 heteroatoms. The number of aromatic nitrogens is 1. The van der Waals surface area contributed by atoms with E-state index in [4.69, 9.17) is 16.3 Å². The van der Waals surface area contributed by atoms with E-state index in [1.54, 1.807) is 5.38 Å². The Morgan fingerprint density at radius 1 is 1.58 bits per heavy atom. The van der Waals surface area contributed by atoms with E-state index in [-0.39, 0.29) is 17.2 Å². The smallest absolute Gasteiger partial charge is 0.257 e. The third kappa shape index (κ3) is 3.21. The second kappa shape index (κ2) is 5.99. The summed E-state index contributed by atoms with van der Waals surface area (Å²) in [7, 11) is 1.36. The van der Waals surface area contributed by atoms with Crippen LogP contribution in [0.25, 0.3) is 0 Å². The summed E-state index contributed by atoms with van der Waals surface area (Å²) in [5, 5.41) is 4.75. The first kappa shape index (κ1) is 13.8. The van der Waals surface area contributed by atoms with E-state index in [1.807, 2.05) is 0 Å². The van der Waals surface area contributed by atoms with Gasteiger partial charge < -0.3 is 4.74 Å². The monoisotopic (exact) mass is 300 g/mol. The van der Waals surface area contributed by atoms with Gasteiger partial charge in [-0.05, 0) is 18.2 Å². The maximum absolute atomic E-state index is 13.5. The van der Waals surface area contributed by atoms with E-state index < -0.39 is 11.7 Å². The minimum absolute atomic E-state index is 0.0928. The Hall–Kier alpha value is -1.66. The third-order valence-corrected chi connectivity index (χ3v) is 3.40. The van der Waals surface area contributed by atoms with Gasteiger partial charge in [0.2, 0.25) is 0 Å². The van der Waals surface area contributed by atoms with Gasteiger partial charge in [-0.15, -0.1) is 22.9 Å². The molecule has 2 aromatic rings. The lowest BCUT2D eigenvalue weighted by Gasteiger charge is -2.04. The van der Waals surface area contributed by atoms with E-state index in [9.17, 15) is 9.18 Å². The van der Waals surface area contributed by atoms with Crippen LogP contribution in [0.2, 0.25) is 0 Å². The first-order valence-electron chi connectivity index (χ1n) is 5.29. The van der Waals surface area contributed by atoms with Crippen LogP contribution in [0.5, 0.6) is 5.75 Å². The molecule has 0 atom stereocenters. The predicted molar refractivity (Wildman–Crippen MR) is 72.6 cm³/mol. The van der Waals surface area contributed by atoms with Gasteiger partial charge in [0, 0.05) is 10.9 Å². The molecular weight excluding hydrogens is 291 g/mol. The number of amides is 1. The molecule has 1 N–H and O–H groups in total. The molecule has 100 valence electrons. The highest BCUT2D eigenvalue weighted by Gasteiger charge is 2.12. The number of halogens is 2. The quantitative estimate of drug-likeness (QED) is 0.882. The summed E-state index contributed by atoms with van der Waals surface area (Å²) in [4.78, 5) is 16.0. The van der Waals surface area contributed by atoms with Crippen molar-refractivity contribution >= 4 is 34.0 Å². The average molecular weight is 301 g/mol. The Morgan fingerprint density at radius 2 is 2.37 bits per heavy atom. The number of thiazole rings is 1. The van der Waals surface area contributed by atoms with Gasteiger partial charge in [-0.3, -0.25) is 10.1 Å². The van der Waals surface area contributed by atoms with E-state index in [2.05, 4.69) is 10.3 Å². The summed E-state index contributed by atoms with van der Waals surface area (Å²) in [6, 6.07) is 3.99. The lowest BCUT2D eigenvalue weighted by molar-refractivity contribution is 0.102. The number of methoxy groups -OCH3 is 1. The standard InChI is InChI=1S/C12H10ClFN2O2S/c1-18-10-3-2-7(4-9(10)14)11(17)16-12-15-8(5-13)6-19-12/h2-4,6H,5H2,1H3,(H,15,16,17). The molecule has 0 aliphatic carbocycles. The Kier molecular flexibility index (Phi) is 4.34. The largest absolute Gasteiger partial charge is 0.494 e. The van der Waals surface area contributed by atoms with Crippen molar-refractivity contribution in [3.8, 4) is 5.75 Å². The van der Waals surface area contributed by atoms with Gasteiger partial charge in [0.15, 0.2) is 16.7 Å². The van der Waals surface area contributed by atoms with Gasteiger partial charge in [0.1, 0.15) is 0 Å². The summed E-state index contributed by atoms with van der Waals surface area (Å²) >= 11 is 6.88. The van der Waals surface area contributed by atoms with E-state index in [1.165, 1.54) is 30.6 Å². The zero-order valence-electron chi connectivity index (χ0n) is 9.94. The average Bonchev–Trinajstić information content (AvgIpc) is 2.86. The fourth-order valence-corrected chi connectivity index (χ4v) is 2.34. The second-order valence-corrected chi connectivity index (χ2v) is 4.71. The molecule has 0 saturated carbocycles. The van der Waals surface area contributed by atoms with Crippen molar-refractivity contribution in [2.75, 3.05) is 12.4 Å². The zero-order chi connectivity index (χ0) is 13.8. The number of carbonyl (C=O) groups is 1. The van der Waals surface area contributed by atoms with Crippen LogP contribution >= 0.6 is 22.9 Å². The molecule has 0 bridgehead atoms. The molecule has 0 spiro atoms. The van der Waals surface area contributed by atoms with Gasteiger partial charge in [0.25, 0.3) is 5.91 Å². The number of alkyl halides is 1. The molecule has 4 nitrogen and oxygen atoms in total. The van der Waals surface area contributed by atoms with Crippen LogP contribution in [0.1, 0.15) is 16.1 Å². The SMILES string of the molecule is COc1ccc(C(=O)Nc2nc(CCl)cs2)cc1F. The molecule has 0 fully saturated rings. The van der Waals surface area contributed by atoms with Crippen molar-refractivity contribution in [3.63, 3.8) is 0 Å². The first-order chi connectivity index (χ1) is 9.13. The molecule has 2 rings (SSSR count). The van der Waals surface area contributed by atoms with Gasteiger partial charge >= 0.3 is 0 Å². The van der Waals surface area contributed by atoms with Crippen LogP contribution in [0.4, 0.5) is 9.52 Å².